The topological polar surface area (TPSA) is 29.3 Å². The summed E-state index contributed by atoms with van der Waals surface area (Å²) in [6.07, 6.45) is -3.44. The first kappa shape index (κ1) is 11.8. The van der Waals surface area contributed by atoms with Crippen LogP contribution < -0.4 is 5.73 Å². The molecule has 1 aliphatic rings. The molecule has 1 rings (SSSR count). The summed E-state index contributed by atoms with van der Waals surface area (Å²) in [5.74, 6) is 0.487. The van der Waals surface area contributed by atoms with E-state index in [0.717, 1.165) is 19.5 Å². The van der Waals surface area contributed by atoms with Gasteiger partial charge in [-0.05, 0) is 38.4 Å². The lowest BCUT2D eigenvalue weighted by atomic mass is 10.1. The van der Waals surface area contributed by atoms with Gasteiger partial charge in [-0.3, -0.25) is 0 Å². The molecule has 0 radical (unpaired) electrons. The summed E-state index contributed by atoms with van der Waals surface area (Å²) in [7, 11) is 0. The molecule has 0 saturated carbocycles. The van der Waals surface area contributed by atoms with Crippen LogP contribution in [0.25, 0.3) is 0 Å². The molecule has 5 heteroatoms. The van der Waals surface area contributed by atoms with E-state index in [1.165, 1.54) is 0 Å². The minimum Gasteiger partial charge on any atom is -0.330 e. The summed E-state index contributed by atoms with van der Waals surface area (Å²) in [4.78, 5) is 2.07. The van der Waals surface area contributed by atoms with Crippen LogP contribution in [0.4, 0.5) is 13.2 Å². The largest absolute Gasteiger partial charge is 0.389 e. The Labute approximate surface area is 82.2 Å². The molecule has 0 aromatic heterocycles. The molecule has 0 bridgehead atoms. The zero-order valence-corrected chi connectivity index (χ0v) is 8.19. The fourth-order valence-corrected chi connectivity index (χ4v) is 1.81. The van der Waals surface area contributed by atoms with E-state index in [9.17, 15) is 13.2 Å². The number of nitrogens with two attached hydrogens (primary N) is 1. The second-order valence-electron chi connectivity index (χ2n) is 3.91. The zero-order chi connectivity index (χ0) is 10.6. The smallest absolute Gasteiger partial charge is 0.330 e. The van der Waals surface area contributed by atoms with E-state index in [1.807, 2.05) is 0 Å². The quantitative estimate of drug-likeness (QED) is 0.763. The summed E-state index contributed by atoms with van der Waals surface area (Å²) in [6, 6.07) is 0. The van der Waals surface area contributed by atoms with Crippen molar-refractivity contribution in [1.29, 1.82) is 0 Å². The van der Waals surface area contributed by atoms with Crippen LogP contribution in [-0.4, -0.2) is 37.3 Å². The number of likely N-dealkylation sites (tertiary alicyclic amines) is 1. The Morgan fingerprint density at radius 3 is 2.57 bits per heavy atom. The van der Waals surface area contributed by atoms with Crippen LogP contribution in [-0.2, 0) is 0 Å². The Morgan fingerprint density at radius 1 is 1.36 bits per heavy atom. The summed E-state index contributed by atoms with van der Waals surface area (Å²) in [5.41, 5.74) is 5.49. The van der Waals surface area contributed by atoms with E-state index in [2.05, 4.69) is 4.90 Å². The molecule has 0 spiro atoms. The van der Waals surface area contributed by atoms with Gasteiger partial charge >= 0.3 is 6.18 Å². The van der Waals surface area contributed by atoms with E-state index in [0.29, 0.717) is 19.0 Å². The molecule has 2 N–H and O–H groups in total. The van der Waals surface area contributed by atoms with Crippen LogP contribution >= 0.6 is 0 Å². The van der Waals surface area contributed by atoms with Crippen molar-refractivity contribution in [3.05, 3.63) is 0 Å². The maximum Gasteiger partial charge on any atom is 0.389 e. The highest BCUT2D eigenvalue weighted by atomic mass is 19.4. The molecule has 2 nitrogen and oxygen atoms in total. The first-order chi connectivity index (χ1) is 6.51. The third-order valence-corrected chi connectivity index (χ3v) is 2.64. The Kier molecular flexibility index (Phi) is 4.19. The van der Waals surface area contributed by atoms with Crippen molar-refractivity contribution in [2.24, 2.45) is 11.7 Å². The van der Waals surface area contributed by atoms with Gasteiger partial charge in [-0.25, -0.2) is 0 Å². The first-order valence-corrected chi connectivity index (χ1v) is 5.00. The van der Waals surface area contributed by atoms with Gasteiger partial charge in [0.1, 0.15) is 0 Å². The molecular formula is C9H17F3N2. The lowest BCUT2D eigenvalue weighted by Gasteiger charge is -2.15. The monoisotopic (exact) mass is 210 g/mol. The van der Waals surface area contributed by atoms with Gasteiger partial charge in [0.05, 0.1) is 0 Å². The Morgan fingerprint density at radius 2 is 2.07 bits per heavy atom. The summed E-state index contributed by atoms with van der Waals surface area (Å²) >= 11 is 0. The minimum atomic E-state index is -4.01. The number of hydrogen-bond donors (Lipinski definition) is 1. The van der Waals surface area contributed by atoms with E-state index < -0.39 is 12.6 Å². The molecular weight excluding hydrogens is 193 g/mol. The lowest BCUT2D eigenvalue weighted by molar-refractivity contribution is -0.136. The second kappa shape index (κ2) is 4.98. The van der Waals surface area contributed by atoms with E-state index in [-0.39, 0.29) is 6.42 Å². The van der Waals surface area contributed by atoms with Crippen molar-refractivity contribution in [2.45, 2.75) is 25.4 Å². The van der Waals surface area contributed by atoms with Gasteiger partial charge in [0.2, 0.25) is 0 Å². The van der Waals surface area contributed by atoms with Crippen molar-refractivity contribution < 1.29 is 13.2 Å². The van der Waals surface area contributed by atoms with Crippen molar-refractivity contribution in [3.8, 4) is 0 Å². The predicted octanol–water partition coefficient (Wildman–Crippen LogP) is 1.61. The molecule has 0 amide bonds. The van der Waals surface area contributed by atoms with Crippen molar-refractivity contribution in [2.75, 3.05) is 26.2 Å². The molecule has 1 unspecified atom stereocenters. The third kappa shape index (κ3) is 4.28. The number of nitrogens with zero attached hydrogens (tertiary/aromatic N) is 1. The van der Waals surface area contributed by atoms with Crippen LogP contribution in [0.15, 0.2) is 0 Å². The van der Waals surface area contributed by atoms with Crippen LogP contribution in [0, 0.1) is 5.92 Å². The van der Waals surface area contributed by atoms with Gasteiger partial charge in [0, 0.05) is 13.0 Å². The summed E-state index contributed by atoms with van der Waals surface area (Å²) < 4.78 is 35.5. The number of hydrogen-bond acceptors (Lipinski definition) is 2. The maximum absolute atomic E-state index is 11.8. The van der Waals surface area contributed by atoms with Gasteiger partial charge in [-0.15, -0.1) is 0 Å². The van der Waals surface area contributed by atoms with E-state index in [1.54, 1.807) is 0 Å². The fraction of sp³-hybridized carbons (Fsp3) is 1.00. The molecule has 0 aliphatic carbocycles. The average molecular weight is 210 g/mol. The van der Waals surface area contributed by atoms with E-state index >= 15 is 0 Å². The SMILES string of the molecule is NCC1CCN(CCCC(F)(F)F)C1. The number of alkyl halides is 3. The van der Waals surface area contributed by atoms with Crippen LogP contribution in [0.1, 0.15) is 19.3 Å². The van der Waals surface area contributed by atoms with Crippen molar-refractivity contribution in [3.63, 3.8) is 0 Å². The maximum atomic E-state index is 11.8. The Balaban J connectivity index is 2.09. The lowest BCUT2D eigenvalue weighted by Crippen LogP contribution is -2.25. The molecule has 84 valence electrons. The van der Waals surface area contributed by atoms with Crippen LogP contribution in [0.3, 0.4) is 0 Å². The number of rotatable bonds is 4. The Hall–Kier alpha value is -0.290. The number of halogens is 3. The van der Waals surface area contributed by atoms with Crippen LogP contribution in [0.5, 0.6) is 0 Å². The van der Waals surface area contributed by atoms with Crippen LogP contribution in [0.2, 0.25) is 0 Å². The minimum absolute atomic E-state index is 0.209. The van der Waals surface area contributed by atoms with Gasteiger partial charge in [-0.2, -0.15) is 13.2 Å². The molecule has 1 heterocycles. The second-order valence-corrected chi connectivity index (χ2v) is 3.91. The summed E-state index contributed by atoms with van der Waals surface area (Å²) in [6.45, 7) is 2.97. The molecule has 0 aromatic carbocycles. The molecule has 1 aliphatic heterocycles. The molecule has 1 saturated heterocycles. The highest BCUT2D eigenvalue weighted by Gasteiger charge is 2.27. The van der Waals surface area contributed by atoms with Gasteiger partial charge in [0.25, 0.3) is 0 Å². The standard InChI is InChI=1S/C9H17F3N2/c10-9(11,12)3-1-4-14-5-2-8(6-13)7-14/h8H,1-7,13H2. The highest BCUT2D eigenvalue weighted by Crippen LogP contribution is 2.22. The Bertz CT molecular complexity index is 170. The van der Waals surface area contributed by atoms with Gasteiger partial charge < -0.3 is 10.6 Å². The van der Waals surface area contributed by atoms with Crippen molar-refractivity contribution >= 4 is 0 Å². The molecule has 14 heavy (non-hydrogen) atoms. The van der Waals surface area contributed by atoms with E-state index in [4.69, 9.17) is 5.73 Å². The van der Waals surface area contributed by atoms with Gasteiger partial charge in [0.15, 0.2) is 0 Å². The van der Waals surface area contributed by atoms with Crippen molar-refractivity contribution in [1.82, 2.24) is 4.90 Å². The zero-order valence-electron chi connectivity index (χ0n) is 8.19. The highest BCUT2D eigenvalue weighted by molar-refractivity contribution is 4.75. The average Bonchev–Trinajstić information content (AvgIpc) is 2.50. The fourth-order valence-electron chi connectivity index (χ4n) is 1.81. The molecule has 1 fully saturated rings. The molecule has 1 atom stereocenters. The normalized spacial score (nSPS) is 24.4. The molecule has 0 aromatic rings. The third-order valence-electron chi connectivity index (χ3n) is 2.64. The first-order valence-electron chi connectivity index (χ1n) is 5.00. The summed E-state index contributed by atoms with van der Waals surface area (Å²) in [5, 5.41) is 0. The predicted molar refractivity (Wildman–Crippen MR) is 48.9 cm³/mol. The van der Waals surface area contributed by atoms with Gasteiger partial charge in [-0.1, -0.05) is 0 Å².